The van der Waals surface area contributed by atoms with Crippen molar-refractivity contribution >= 4 is 5.91 Å². The second kappa shape index (κ2) is 4.48. The van der Waals surface area contributed by atoms with Gasteiger partial charge in [-0.3, -0.25) is 4.79 Å². The van der Waals surface area contributed by atoms with Gasteiger partial charge in [-0.25, -0.2) is 0 Å². The monoisotopic (exact) mass is 169 g/mol. The van der Waals surface area contributed by atoms with Gasteiger partial charge in [-0.05, 0) is 19.3 Å². The van der Waals surface area contributed by atoms with Crippen molar-refractivity contribution in [2.24, 2.45) is 5.92 Å². The maximum absolute atomic E-state index is 11.4. The lowest BCUT2D eigenvalue weighted by atomic mass is 10.0. The Morgan fingerprint density at radius 3 is 2.75 bits per heavy atom. The van der Waals surface area contributed by atoms with Crippen molar-refractivity contribution in [2.45, 2.75) is 52.0 Å². The molecule has 0 aromatic carbocycles. The molecule has 0 aliphatic heterocycles. The fraction of sp³-hybridized carbons (Fsp3) is 0.900. The average molecular weight is 169 g/mol. The zero-order valence-corrected chi connectivity index (χ0v) is 8.10. The summed E-state index contributed by atoms with van der Waals surface area (Å²) in [6.07, 6.45) is 5.76. The number of unbranched alkanes of at least 4 members (excludes halogenated alkanes) is 1. The van der Waals surface area contributed by atoms with Crippen LogP contribution in [-0.4, -0.2) is 11.9 Å². The number of nitrogens with one attached hydrogen (secondary N) is 1. The summed E-state index contributed by atoms with van der Waals surface area (Å²) >= 11 is 0. The molecule has 0 aromatic rings. The molecule has 0 heterocycles. The van der Waals surface area contributed by atoms with E-state index in [1.54, 1.807) is 0 Å². The average Bonchev–Trinajstić information content (AvgIpc) is 2.83. The van der Waals surface area contributed by atoms with Crippen LogP contribution in [0.3, 0.4) is 0 Å². The predicted molar refractivity (Wildman–Crippen MR) is 49.9 cm³/mol. The van der Waals surface area contributed by atoms with Crippen LogP contribution in [0.2, 0.25) is 0 Å². The highest BCUT2D eigenvalue weighted by atomic mass is 16.1. The molecule has 2 nitrogen and oxygen atoms in total. The van der Waals surface area contributed by atoms with Crippen molar-refractivity contribution in [3.63, 3.8) is 0 Å². The Kier molecular flexibility index (Phi) is 3.57. The zero-order chi connectivity index (χ0) is 8.97. The van der Waals surface area contributed by atoms with E-state index in [1.807, 2.05) is 6.92 Å². The molecule has 0 bridgehead atoms. The predicted octanol–water partition coefficient (Wildman–Crippen LogP) is 2.09. The molecule has 1 amide bonds. The van der Waals surface area contributed by atoms with Gasteiger partial charge in [-0.2, -0.15) is 0 Å². The maximum atomic E-state index is 11.4. The Morgan fingerprint density at radius 1 is 1.58 bits per heavy atom. The Hall–Kier alpha value is -0.530. The SMILES string of the molecule is CCCCC(C)C(=O)NC1CC1. The molecule has 1 aliphatic carbocycles. The topological polar surface area (TPSA) is 29.1 Å². The fourth-order valence-electron chi connectivity index (χ4n) is 1.21. The van der Waals surface area contributed by atoms with Gasteiger partial charge in [0, 0.05) is 12.0 Å². The molecule has 0 spiro atoms. The molecule has 0 radical (unpaired) electrons. The lowest BCUT2D eigenvalue weighted by Crippen LogP contribution is -2.30. The maximum Gasteiger partial charge on any atom is 0.223 e. The van der Waals surface area contributed by atoms with E-state index in [9.17, 15) is 4.79 Å². The minimum atomic E-state index is 0.213. The van der Waals surface area contributed by atoms with Gasteiger partial charge in [-0.1, -0.05) is 26.7 Å². The van der Waals surface area contributed by atoms with Crippen LogP contribution >= 0.6 is 0 Å². The van der Waals surface area contributed by atoms with Crippen LogP contribution in [0.1, 0.15) is 46.0 Å². The number of hydrogen-bond acceptors (Lipinski definition) is 1. The van der Waals surface area contributed by atoms with Gasteiger partial charge in [0.05, 0.1) is 0 Å². The van der Waals surface area contributed by atoms with Crippen LogP contribution in [0.15, 0.2) is 0 Å². The third-order valence-electron chi connectivity index (χ3n) is 2.36. The lowest BCUT2D eigenvalue weighted by Gasteiger charge is -2.10. The smallest absolute Gasteiger partial charge is 0.223 e. The largest absolute Gasteiger partial charge is 0.353 e. The van der Waals surface area contributed by atoms with Gasteiger partial charge in [-0.15, -0.1) is 0 Å². The minimum Gasteiger partial charge on any atom is -0.353 e. The summed E-state index contributed by atoms with van der Waals surface area (Å²) in [5.74, 6) is 0.469. The highest BCUT2D eigenvalue weighted by Gasteiger charge is 2.25. The quantitative estimate of drug-likeness (QED) is 0.671. The highest BCUT2D eigenvalue weighted by molar-refractivity contribution is 5.78. The molecule has 1 rings (SSSR count). The molecule has 1 atom stereocenters. The lowest BCUT2D eigenvalue weighted by molar-refractivity contribution is -0.124. The van der Waals surface area contributed by atoms with E-state index >= 15 is 0 Å². The van der Waals surface area contributed by atoms with Crippen LogP contribution in [0.25, 0.3) is 0 Å². The summed E-state index contributed by atoms with van der Waals surface area (Å²) in [5, 5.41) is 3.02. The third-order valence-corrected chi connectivity index (χ3v) is 2.36. The van der Waals surface area contributed by atoms with Gasteiger partial charge in [0.2, 0.25) is 5.91 Å². The number of rotatable bonds is 5. The summed E-state index contributed by atoms with van der Waals surface area (Å²) in [7, 11) is 0. The molecule has 1 aliphatic rings. The summed E-state index contributed by atoms with van der Waals surface area (Å²) in [6, 6.07) is 0.515. The van der Waals surface area contributed by atoms with E-state index in [0.717, 1.165) is 6.42 Å². The summed E-state index contributed by atoms with van der Waals surface area (Å²) in [4.78, 5) is 11.4. The second-order valence-electron chi connectivity index (χ2n) is 3.83. The van der Waals surface area contributed by atoms with Crippen molar-refractivity contribution in [2.75, 3.05) is 0 Å². The molecule has 1 fully saturated rings. The van der Waals surface area contributed by atoms with Gasteiger partial charge in [0.15, 0.2) is 0 Å². The Morgan fingerprint density at radius 2 is 2.25 bits per heavy atom. The first kappa shape index (κ1) is 9.56. The second-order valence-corrected chi connectivity index (χ2v) is 3.83. The van der Waals surface area contributed by atoms with Crippen LogP contribution in [0, 0.1) is 5.92 Å². The van der Waals surface area contributed by atoms with Crippen molar-refractivity contribution < 1.29 is 4.79 Å². The Balaban J connectivity index is 2.11. The Labute approximate surface area is 74.7 Å². The van der Waals surface area contributed by atoms with Gasteiger partial charge in [0.25, 0.3) is 0 Å². The fourth-order valence-corrected chi connectivity index (χ4v) is 1.21. The van der Waals surface area contributed by atoms with E-state index in [0.29, 0.717) is 6.04 Å². The molecule has 2 heteroatoms. The first-order valence-electron chi connectivity index (χ1n) is 5.04. The van der Waals surface area contributed by atoms with Gasteiger partial charge in [0.1, 0.15) is 0 Å². The molecule has 1 N–H and O–H groups in total. The molecule has 0 aromatic heterocycles. The Bertz CT molecular complexity index is 152. The minimum absolute atomic E-state index is 0.213. The van der Waals surface area contributed by atoms with Crippen molar-refractivity contribution in [1.29, 1.82) is 0 Å². The molecule has 0 saturated heterocycles. The molecule has 1 saturated carbocycles. The molecular formula is C10H19NO. The molecule has 1 unspecified atom stereocenters. The molecule has 12 heavy (non-hydrogen) atoms. The van der Waals surface area contributed by atoms with Crippen LogP contribution < -0.4 is 5.32 Å². The molecule has 70 valence electrons. The van der Waals surface area contributed by atoms with Crippen LogP contribution in [0.4, 0.5) is 0 Å². The van der Waals surface area contributed by atoms with E-state index in [4.69, 9.17) is 0 Å². The van der Waals surface area contributed by atoms with Crippen molar-refractivity contribution in [1.82, 2.24) is 5.32 Å². The first-order chi connectivity index (χ1) is 5.74. The number of hydrogen-bond donors (Lipinski definition) is 1. The van der Waals surface area contributed by atoms with E-state index < -0.39 is 0 Å². The third kappa shape index (κ3) is 3.24. The normalized spacial score (nSPS) is 18.8. The van der Waals surface area contributed by atoms with E-state index in [-0.39, 0.29) is 11.8 Å². The summed E-state index contributed by atoms with van der Waals surface area (Å²) < 4.78 is 0. The zero-order valence-electron chi connectivity index (χ0n) is 8.10. The van der Waals surface area contributed by atoms with E-state index in [2.05, 4.69) is 12.2 Å². The van der Waals surface area contributed by atoms with Crippen LogP contribution in [-0.2, 0) is 4.79 Å². The van der Waals surface area contributed by atoms with Crippen molar-refractivity contribution in [3.05, 3.63) is 0 Å². The summed E-state index contributed by atoms with van der Waals surface area (Å²) in [5.41, 5.74) is 0. The standard InChI is InChI=1S/C10H19NO/c1-3-4-5-8(2)10(12)11-9-6-7-9/h8-9H,3-7H2,1-2H3,(H,11,12). The molecular weight excluding hydrogens is 150 g/mol. The van der Waals surface area contributed by atoms with Gasteiger partial charge < -0.3 is 5.32 Å². The number of carbonyl (C=O) groups excluding carboxylic acids is 1. The van der Waals surface area contributed by atoms with Crippen molar-refractivity contribution in [3.8, 4) is 0 Å². The van der Waals surface area contributed by atoms with E-state index in [1.165, 1.54) is 25.7 Å². The highest BCUT2D eigenvalue weighted by Crippen LogP contribution is 2.19. The van der Waals surface area contributed by atoms with Gasteiger partial charge >= 0.3 is 0 Å². The number of amides is 1. The number of carbonyl (C=O) groups is 1. The first-order valence-corrected chi connectivity index (χ1v) is 5.04. The van der Waals surface area contributed by atoms with Crippen LogP contribution in [0.5, 0.6) is 0 Å². The summed E-state index contributed by atoms with van der Waals surface area (Å²) in [6.45, 7) is 4.18.